The number of hydrogen-bond donors (Lipinski definition) is 1. The van der Waals surface area contributed by atoms with E-state index in [4.69, 9.17) is 4.42 Å². The molecule has 1 spiro atoms. The van der Waals surface area contributed by atoms with E-state index in [0.717, 1.165) is 49.8 Å². The van der Waals surface area contributed by atoms with Crippen molar-refractivity contribution in [2.75, 3.05) is 12.3 Å². The Balaban J connectivity index is 1.42. The summed E-state index contributed by atoms with van der Waals surface area (Å²) in [5, 5.41) is -0.184. The van der Waals surface area contributed by atoms with Crippen LogP contribution in [-0.2, 0) is 32.2 Å². The number of fused-ring (bicyclic) bond motifs is 3. The molecular formula is C36H41N2O7S3+. The molecule has 12 heteroatoms. The van der Waals surface area contributed by atoms with E-state index in [1.165, 1.54) is 11.8 Å². The lowest BCUT2D eigenvalue weighted by Crippen LogP contribution is -2.36. The Labute approximate surface area is 287 Å². The molecule has 2 aliphatic rings. The van der Waals surface area contributed by atoms with Gasteiger partial charge in [-0.2, -0.15) is 13.0 Å². The first-order chi connectivity index (χ1) is 22.7. The average Bonchev–Trinajstić information content (AvgIpc) is 3.64. The summed E-state index contributed by atoms with van der Waals surface area (Å²) in [5.74, 6) is 0.152. The topological polar surface area (TPSA) is 129 Å². The van der Waals surface area contributed by atoms with Gasteiger partial charge >= 0.3 is 16.0 Å². The van der Waals surface area contributed by atoms with Crippen LogP contribution in [0.4, 0.5) is 5.69 Å². The minimum absolute atomic E-state index is 0.0378. The average molecular weight is 710 g/mol. The highest BCUT2D eigenvalue weighted by Gasteiger charge is 2.70. The molecular weight excluding hydrogens is 669 g/mol. The van der Waals surface area contributed by atoms with Gasteiger partial charge in [0.1, 0.15) is 0 Å². The van der Waals surface area contributed by atoms with Crippen molar-refractivity contribution in [1.29, 1.82) is 0 Å². The van der Waals surface area contributed by atoms with Crippen molar-refractivity contribution in [3.8, 4) is 11.1 Å². The summed E-state index contributed by atoms with van der Waals surface area (Å²) in [6.45, 7) is 9.22. The number of unbranched alkanes of at least 4 members (excludes halogenated alkanes) is 1. The molecule has 1 aromatic heterocycles. The SMILES string of the molecule is CCC(=Cc1oc2ccc(C(C)(C)CC)cc2[n+]1CCCCS(=O)(=O)[O-])C=C1Sc2ccc(-c3ccccc3)cc2[N+]12CC2S(=O)(=O)O. The first kappa shape index (κ1) is 34.6. The Hall–Kier alpha value is -3.26. The molecule has 0 bridgehead atoms. The van der Waals surface area contributed by atoms with Crippen LogP contribution in [0, 0.1) is 0 Å². The summed E-state index contributed by atoms with van der Waals surface area (Å²) in [7, 11) is -8.64. The van der Waals surface area contributed by atoms with Crippen molar-refractivity contribution in [3.63, 3.8) is 0 Å². The predicted octanol–water partition coefficient (Wildman–Crippen LogP) is 7.38. The van der Waals surface area contributed by atoms with E-state index in [1.807, 2.05) is 78.2 Å². The normalized spacial score (nSPS) is 20.6. The van der Waals surface area contributed by atoms with Gasteiger partial charge in [0, 0.05) is 30.4 Å². The number of aromatic nitrogens is 1. The summed E-state index contributed by atoms with van der Waals surface area (Å²) in [4.78, 5) is 0.945. The van der Waals surface area contributed by atoms with Crippen LogP contribution in [0.2, 0.25) is 0 Å². The molecule has 6 rings (SSSR count). The number of benzene rings is 3. The Bertz CT molecular complexity index is 2150. The minimum atomic E-state index is -4.33. The number of rotatable bonds is 12. The van der Waals surface area contributed by atoms with Gasteiger partial charge in [-0.1, -0.05) is 70.2 Å². The van der Waals surface area contributed by atoms with Gasteiger partial charge in [-0.3, -0.25) is 4.55 Å². The molecule has 1 fully saturated rings. The van der Waals surface area contributed by atoms with E-state index in [-0.39, 0.29) is 22.9 Å². The Morgan fingerprint density at radius 3 is 2.44 bits per heavy atom. The van der Waals surface area contributed by atoms with Crippen LogP contribution in [-0.4, -0.2) is 43.6 Å². The van der Waals surface area contributed by atoms with Gasteiger partial charge in [-0.25, -0.2) is 12.9 Å². The third kappa shape index (κ3) is 6.79. The molecule has 254 valence electrons. The lowest BCUT2D eigenvalue weighted by atomic mass is 9.82. The summed E-state index contributed by atoms with van der Waals surface area (Å²) >= 11 is 1.51. The molecule has 3 aromatic carbocycles. The van der Waals surface area contributed by atoms with Gasteiger partial charge in [0.2, 0.25) is 5.58 Å². The molecule has 2 aliphatic heterocycles. The maximum Gasteiger partial charge on any atom is 0.374 e. The van der Waals surface area contributed by atoms with Crippen LogP contribution in [0.15, 0.2) is 92.7 Å². The standard InChI is InChI=1S/C36H40N2O7S3/c1-5-25(20-33-37(18-10-11-19-47(39,40)41)29-23-28(36(3,4)6-2)15-16-31(29)45-33)21-34-38(24-35(38)48(42,43)44)30-22-27(14-17-32(30)46-34)26-12-8-7-9-13-26/h7-9,12-17,20-23,35H,5-6,10-11,18-19,24H2,1-4H3/p+1. The molecule has 0 radical (unpaired) electrons. The summed E-state index contributed by atoms with van der Waals surface area (Å²) in [5.41, 5.74) is 6.40. The molecule has 48 heavy (non-hydrogen) atoms. The van der Waals surface area contributed by atoms with Gasteiger partial charge in [0.25, 0.3) is 10.9 Å². The number of thioether (sulfide) groups is 1. The minimum Gasteiger partial charge on any atom is -0.748 e. The number of allylic oxidation sites excluding steroid dienone is 2. The number of quaternary nitrogens is 1. The van der Waals surface area contributed by atoms with Crippen molar-refractivity contribution in [3.05, 3.63) is 94.9 Å². The third-order valence-corrected chi connectivity index (χ3v) is 12.9. The Kier molecular flexibility index (Phi) is 9.29. The fourth-order valence-corrected chi connectivity index (χ4v) is 9.46. The van der Waals surface area contributed by atoms with E-state index in [9.17, 15) is 25.9 Å². The van der Waals surface area contributed by atoms with Gasteiger partial charge in [0.05, 0.1) is 21.1 Å². The van der Waals surface area contributed by atoms with Gasteiger partial charge in [0.15, 0.2) is 23.8 Å². The van der Waals surface area contributed by atoms with Gasteiger partial charge in [-0.05, 0) is 70.8 Å². The largest absolute Gasteiger partial charge is 0.748 e. The van der Waals surface area contributed by atoms with Crippen molar-refractivity contribution in [1.82, 2.24) is 4.48 Å². The Morgan fingerprint density at radius 1 is 1.04 bits per heavy atom. The zero-order valence-electron chi connectivity index (χ0n) is 27.5. The quantitative estimate of drug-likeness (QED) is 0.0531. The summed E-state index contributed by atoms with van der Waals surface area (Å²) < 4.78 is 77.7. The van der Waals surface area contributed by atoms with Crippen LogP contribution >= 0.6 is 11.8 Å². The third-order valence-electron chi connectivity index (χ3n) is 9.70. The van der Waals surface area contributed by atoms with Crippen molar-refractivity contribution in [2.45, 2.75) is 75.6 Å². The second-order valence-corrected chi connectivity index (χ2v) is 17.4. The van der Waals surface area contributed by atoms with Gasteiger partial charge in [-0.15, -0.1) is 0 Å². The first-order valence-corrected chi connectivity index (χ1v) is 20.1. The molecule has 0 amide bonds. The molecule has 1 saturated heterocycles. The van der Waals surface area contributed by atoms with Crippen LogP contribution in [0.5, 0.6) is 0 Å². The number of nitrogens with zero attached hydrogens (tertiary/aromatic N) is 2. The second-order valence-electron chi connectivity index (χ2n) is 13.2. The number of aryl methyl sites for hydroxylation is 1. The van der Waals surface area contributed by atoms with Crippen LogP contribution in [0.25, 0.3) is 28.3 Å². The lowest BCUT2D eigenvalue weighted by molar-refractivity contribution is -0.678. The lowest BCUT2D eigenvalue weighted by Gasteiger charge is -2.22. The van der Waals surface area contributed by atoms with Crippen molar-refractivity contribution in [2.24, 2.45) is 0 Å². The van der Waals surface area contributed by atoms with E-state index >= 15 is 0 Å². The molecule has 2 atom stereocenters. The number of oxazole rings is 1. The maximum absolute atomic E-state index is 12.6. The van der Waals surface area contributed by atoms with E-state index in [1.54, 1.807) is 0 Å². The summed E-state index contributed by atoms with van der Waals surface area (Å²) in [6.07, 6.45) is 6.21. The van der Waals surface area contributed by atoms with Crippen LogP contribution < -0.4 is 9.05 Å². The zero-order valence-corrected chi connectivity index (χ0v) is 30.0. The van der Waals surface area contributed by atoms with Crippen molar-refractivity contribution < 1.29 is 34.9 Å². The van der Waals surface area contributed by atoms with Crippen LogP contribution in [0.1, 0.15) is 64.8 Å². The second kappa shape index (κ2) is 12.9. The highest BCUT2D eigenvalue weighted by Crippen LogP contribution is 2.61. The highest BCUT2D eigenvalue weighted by molar-refractivity contribution is 8.03. The smallest absolute Gasteiger partial charge is 0.374 e. The highest BCUT2D eigenvalue weighted by atomic mass is 32.2. The van der Waals surface area contributed by atoms with E-state index in [2.05, 4.69) is 32.9 Å². The maximum atomic E-state index is 12.6. The first-order valence-electron chi connectivity index (χ1n) is 16.2. The molecule has 0 saturated carbocycles. The number of hydrogen-bond acceptors (Lipinski definition) is 7. The van der Waals surface area contributed by atoms with Gasteiger partial charge < -0.3 is 8.97 Å². The monoisotopic (exact) mass is 709 g/mol. The van der Waals surface area contributed by atoms with E-state index < -0.39 is 31.4 Å². The molecule has 2 unspecified atom stereocenters. The van der Waals surface area contributed by atoms with Crippen molar-refractivity contribution >= 4 is 54.9 Å². The van der Waals surface area contributed by atoms with Crippen LogP contribution in [0.3, 0.4) is 0 Å². The molecule has 4 aromatic rings. The van der Waals surface area contributed by atoms with E-state index in [0.29, 0.717) is 30.9 Å². The summed E-state index contributed by atoms with van der Waals surface area (Å²) in [6, 6.07) is 22.1. The Morgan fingerprint density at radius 2 is 1.79 bits per heavy atom. The predicted molar refractivity (Wildman–Crippen MR) is 190 cm³/mol. The molecule has 0 aliphatic carbocycles. The molecule has 3 heterocycles. The zero-order chi connectivity index (χ0) is 34.5. The fraction of sp³-hybridized carbons (Fsp3) is 0.361. The molecule has 9 nitrogen and oxygen atoms in total. The fourth-order valence-electron chi connectivity index (χ4n) is 6.37. The molecule has 1 N–H and O–H groups in total.